The molecule has 0 amide bonds. The number of aliphatic hydroxyl groups is 1. The van der Waals surface area contributed by atoms with Crippen molar-refractivity contribution in [2.24, 2.45) is 5.92 Å². The predicted molar refractivity (Wildman–Crippen MR) is 75.2 cm³/mol. The normalized spacial score (nSPS) is 34.1. The molecule has 4 atom stereocenters. The van der Waals surface area contributed by atoms with E-state index in [1.807, 2.05) is 0 Å². The molecule has 0 aromatic rings. The first-order valence-corrected chi connectivity index (χ1v) is 7.86. The number of hydrogen-bond donors (Lipinski definition) is 2. The summed E-state index contributed by atoms with van der Waals surface area (Å²) in [5.74, 6) is 0.639. The van der Waals surface area contributed by atoms with Crippen molar-refractivity contribution in [2.75, 3.05) is 26.4 Å². The van der Waals surface area contributed by atoms with Gasteiger partial charge in [-0.2, -0.15) is 0 Å². The molecule has 2 fully saturated rings. The summed E-state index contributed by atoms with van der Waals surface area (Å²) in [6.45, 7) is 4.97. The highest BCUT2D eigenvalue weighted by atomic mass is 16.5. The maximum Gasteiger partial charge on any atom is 0.0897 e. The van der Waals surface area contributed by atoms with Gasteiger partial charge in [0, 0.05) is 19.2 Å². The summed E-state index contributed by atoms with van der Waals surface area (Å²) >= 11 is 0. The van der Waals surface area contributed by atoms with Gasteiger partial charge in [0.2, 0.25) is 0 Å². The molecule has 0 spiro atoms. The van der Waals surface area contributed by atoms with Crippen LogP contribution in [0.4, 0.5) is 0 Å². The SMILES string of the molecule is CC1CCCCC1OCC(O)CNC1CCCOC1. The maximum atomic E-state index is 9.97. The zero-order chi connectivity index (χ0) is 13.5. The summed E-state index contributed by atoms with van der Waals surface area (Å²) in [5.41, 5.74) is 0. The summed E-state index contributed by atoms with van der Waals surface area (Å²) in [5, 5.41) is 13.3. The molecule has 112 valence electrons. The van der Waals surface area contributed by atoms with Crippen LogP contribution in [0.25, 0.3) is 0 Å². The van der Waals surface area contributed by atoms with Gasteiger partial charge >= 0.3 is 0 Å². The summed E-state index contributed by atoms with van der Waals surface area (Å²) in [6, 6.07) is 0.400. The van der Waals surface area contributed by atoms with Crippen LogP contribution in [0.2, 0.25) is 0 Å². The van der Waals surface area contributed by atoms with Gasteiger partial charge < -0.3 is 19.9 Å². The topological polar surface area (TPSA) is 50.7 Å². The lowest BCUT2D eigenvalue weighted by molar-refractivity contribution is -0.0467. The van der Waals surface area contributed by atoms with E-state index in [0.717, 1.165) is 32.5 Å². The Labute approximate surface area is 116 Å². The molecule has 0 bridgehead atoms. The van der Waals surface area contributed by atoms with Crippen LogP contribution < -0.4 is 5.32 Å². The van der Waals surface area contributed by atoms with Crippen molar-refractivity contribution in [1.82, 2.24) is 5.32 Å². The Morgan fingerprint density at radius 1 is 1.26 bits per heavy atom. The van der Waals surface area contributed by atoms with Gasteiger partial charge in [0.1, 0.15) is 0 Å². The van der Waals surface area contributed by atoms with Crippen molar-refractivity contribution >= 4 is 0 Å². The van der Waals surface area contributed by atoms with Crippen LogP contribution in [0, 0.1) is 5.92 Å². The molecule has 1 saturated carbocycles. The third kappa shape index (κ3) is 5.38. The van der Waals surface area contributed by atoms with Crippen LogP contribution in [-0.2, 0) is 9.47 Å². The minimum atomic E-state index is -0.406. The van der Waals surface area contributed by atoms with Crippen LogP contribution in [-0.4, -0.2) is 49.7 Å². The second kappa shape index (κ2) is 8.20. The number of aliphatic hydroxyl groups excluding tert-OH is 1. The van der Waals surface area contributed by atoms with Crippen molar-refractivity contribution in [3.63, 3.8) is 0 Å². The van der Waals surface area contributed by atoms with Gasteiger partial charge in [-0.25, -0.2) is 0 Å². The first-order valence-electron chi connectivity index (χ1n) is 7.86. The zero-order valence-corrected chi connectivity index (χ0v) is 12.1. The predicted octanol–water partition coefficient (Wildman–Crippen LogP) is 1.71. The van der Waals surface area contributed by atoms with Crippen LogP contribution in [0.1, 0.15) is 45.4 Å². The van der Waals surface area contributed by atoms with Gasteiger partial charge in [0.25, 0.3) is 0 Å². The highest BCUT2D eigenvalue weighted by molar-refractivity contribution is 4.75. The molecule has 1 heterocycles. The van der Waals surface area contributed by atoms with E-state index < -0.39 is 6.10 Å². The molecule has 2 aliphatic rings. The fraction of sp³-hybridized carbons (Fsp3) is 1.00. The van der Waals surface area contributed by atoms with Crippen molar-refractivity contribution < 1.29 is 14.6 Å². The minimum absolute atomic E-state index is 0.349. The lowest BCUT2D eigenvalue weighted by Crippen LogP contribution is -2.42. The Morgan fingerprint density at radius 3 is 2.84 bits per heavy atom. The van der Waals surface area contributed by atoms with E-state index in [1.165, 1.54) is 19.3 Å². The van der Waals surface area contributed by atoms with Gasteiger partial charge in [0.05, 0.1) is 25.4 Å². The van der Waals surface area contributed by atoms with E-state index in [0.29, 0.717) is 31.2 Å². The maximum absolute atomic E-state index is 9.97. The molecule has 4 heteroatoms. The quantitative estimate of drug-likeness (QED) is 0.772. The molecule has 4 nitrogen and oxygen atoms in total. The van der Waals surface area contributed by atoms with Gasteiger partial charge in [-0.05, 0) is 31.6 Å². The first kappa shape index (κ1) is 15.2. The monoisotopic (exact) mass is 271 g/mol. The fourth-order valence-electron chi connectivity index (χ4n) is 3.03. The molecule has 0 aromatic heterocycles. The van der Waals surface area contributed by atoms with Crippen LogP contribution in [0.5, 0.6) is 0 Å². The van der Waals surface area contributed by atoms with Crippen LogP contribution >= 0.6 is 0 Å². The van der Waals surface area contributed by atoms with Crippen LogP contribution in [0.15, 0.2) is 0 Å². The van der Waals surface area contributed by atoms with E-state index in [9.17, 15) is 5.11 Å². The van der Waals surface area contributed by atoms with E-state index in [1.54, 1.807) is 0 Å². The summed E-state index contributed by atoms with van der Waals surface area (Å²) in [7, 11) is 0. The van der Waals surface area contributed by atoms with Gasteiger partial charge in [-0.3, -0.25) is 0 Å². The average molecular weight is 271 g/mol. The molecule has 0 radical (unpaired) electrons. The molecule has 4 unspecified atom stereocenters. The standard InChI is InChI=1S/C15H29NO3/c1-12-5-2-3-7-15(12)19-11-14(17)9-16-13-6-4-8-18-10-13/h12-17H,2-11H2,1H3. The lowest BCUT2D eigenvalue weighted by Gasteiger charge is -2.30. The van der Waals surface area contributed by atoms with E-state index in [2.05, 4.69) is 12.2 Å². The molecule has 2 rings (SSSR count). The number of nitrogens with one attached hydrogen (secondary N) is 1. The largest absolute Gasteiger partial charge is 0.389 e. The second-order valence-electron chi connectivity index (χ2n) is 6.11. The van der Waals surface area contributed by atoms with E-state index in [4.69, 9.17) is 9.47 Å². The summed E-state index contributed by atoms with van der Waals surface area (Å²) < 4.78 is 11.3. The van der Waals surface area contributed by atoms with Crippen molar-refractivity contribution in [3.05, 3.63) is 0 Å². The Balaban J connectivity index is 1.57. The number of ether oxygens (including phenoxy) is 2. The van der Waals surface area contributed by atoms with E-state index in [-0.39, 0.29) is 0 Å². The third-order valence-electron chi connectivity index (χ3n) is 4.34. The number of hydrogen-bond acceptors (Lipinski definition) is 4. The molecule has 2 N–H and O–H groups in total. The Hall–Kier alpha value is -0.160. The van der Waals surface area contributed by atoms with Crippen molar-refractivity contribution in [3.8, 4) is 0 Å². The Kier molecular flexibility index (Phi) is 6.57. The smallest absolute Gasteiger partial charge is 0.0897 e. The van der Waals surface area contributed by atoms with E-state index >= 15 is 0 Å². The fourth-order valence-corrected chi connectivity index (χ4v) is 3.03. The first-order chi connectivity index (χ1) is 9.25. The Morgan fingerprint density at radius 2 is 2.11 bits per heavy atom. The zero-order valence-electron chi connectivity index (χ0n) is 12.1. The minimum Gasteiger partial charge on any atom is -0.389 e. The molecule has 1 aliphatic heterocycles. The van der Waals surface area contributed by atoms with Crippen LogP contribution in [0.3, 0.4) is 0 Å². The summed E-state index contributed by atoms with van der Waals surface area (Å²) in [4.78, 5) is 0. The highest BCUT2D eigenvalue weighted by Crippen LogP contribution is 2.26. The molecule has 1 aliphatic carbocycles. The Bertz CT molecular complexity index is 244. The molecule has 19 heavy (non-hydrogen) atoms. The highest BCUT2D eigenvalue weighted by Gasteiger charge is 2.23. The second-order valence-corrected chi connectivity index (χ2v) is 6.11. The summed E-state index contributed by atoms with van der Waals surface area (Å²) in [6.07, 6.45) is 7.21. The van der Waals surface area contributed by atoms with Crippen molar-refractivity contribution in [1.29, 1.82) is 0 Å². The van der Waals surface area contributed by atoms with Crippen molar-refractivity contribution in [2.45, 2.75) is 63.7 Å². The lowest BCUT2D eigenvalue weighted by atomic mass is 9.88. The van der Waals surface area contributed by atoms with Gasteiger partial charge in [0.15, 0.2) is 0 Å². The molecule has 0 aromatic carbocycles. The molecule has 1 saturated heterocycles. The average Bonchev–Trinajstić information content (AvgIpc) is 2.45. The molecular formula is C15H29NO3. The third-order valence-corrected chi connectivity index (χ3v) is 4.34. The van der Waals surface area contributed by atoms with Gasteiger partial charge in [-0.15, -0.1) is 0 Å². The van der Waals surface area contributed by atoms with Gasteiger partial charge in [-0.1, -0.05) is 19.8 Å². The molecular weight excluding hydrogens is 242 g/mol. The number of rotatable bonds is 6.